The molecule has 1 aliphatic rings. The number of benzene rings is 2. The van der Waals surface area contributed by atoms with Gasteiger partial charge in [-0.1, -0.05) is 42.5 Å². The van der Waals surface area contributed by atoms with Crippen LogP contribution in [0.1, 0.15) is 22.6 Å². The quantitative estimate of drug-likeness (QED) is 0.900. The number of carbonyl (C=O) groups excluding carboxylic acids is 1. The Hall–Kier alpha value is -2.33. The van der Waals surface area contributed by atoms with Crippen LogP contribution in [0, 0.1) is 0 Å². The third-order valence-corrected chi connectivity index (χ3v) is 3.74. The van der Waals surface area contributed by atoms with Crippen LogP contribution in [-0.4, -0.2) is 12.5 Å². The summed E-state index contributed by atoms with van der Waals surface area (Å²) in [6.07, 6.45) is 0. The molecule has 1 atom stereocenters. The standard InChI is InChI=1S/C17H18N2O2/c18-9-12-5-7-13(8-6-12)10-19-17(20)15-11-21-16-4-2-1-3-14(15)16/h1-8,15H,9-11,18H2,(H,19,20). The lowest BCUT2D eigenvalue weighted by Gasteiger charge is -2.10. The molecule has 108 valence electrons. The molecule has 0 aromatic heterocycles. The van der Waals surface area contributed by atoms with E-state index in [1.165, 1.54) is 0 Å². The number of hydrogen-bond donors (Lipinski definition) is 2. The molecule has 4 heteroatoms. The van der Waals surface area contributed by atoms with Crippen molar-refractivity contribution in [1.82, 2.24) is 5.32 Å². The third kappa shape index (κ3) is 2.90. The zero-order valence-electron chi connectivity index (χ0n) is 11.7. The largest absolute Gasteiger partial charge is 0.492 e. The maximum absolute atomic E-state index is 12.3. The molecule has 2 aromatic carbocycles. The lowest BCUT2D eigenvalue weighted by Crippen LogP contribution is -2.29. The van der Waals surface area contributed by atoms with E-state index in [4.69, 9.17) is 10.5 Å². The van der Waals surface area contributed by atoms with Crippen molar-refractivity contribution in [3.63, 3.8) is 0 Å². The lowest BCUT2D eigenvalue weighted by molar-refractivity contribution is -0.122. The molecule has 21 heavy (non-hydrogen) atoms. The lowest BCUT2D eigenvalue weighted by atomic mass is 10.0. The maximum atomic E-state index is 12.3. The van der Waals surface area contributed by atoms with Crippen molar-refractivity contribution in [2.45, 2.75) is 19.0 Å². The van der Waals surface area contributed by atoms with Crippen molar-refractivity contribution in [2.24, 2.45) is 5.73 Å². The molecule has 0 spiro atoms. The number of nitrogens with one attached hydrogen (secondary N) is 1. The average Bonchev–Trinajstić information content (AvgIpc) is 2.97. The molecule has 4 nitrogen and oxygen atoms in total. The van der Waals surface area contributed by atoms with Crippen LogP contribution in [0.3, 0.4) is 0 Å². The SMILES string of the molecule is NCc1ccc(CNC(=O)C2COc3ccccc32)cc1. The molecule has 1 heterocycles. The molecule has 2 aromatic rings. The van der Waals surface area contributed by atoms with Gasteiger partial charge in [-0.3, -0.25) is 4.79 Å². The van der Waals surface area contributed by atoms with Crippen LogP contribution in [0.25, 0.3) is 0 Å². The molecule has 0 aliphatic carbocycles. The summed E-state index contributed by atoms with van der Waals surface area (Å²) >= 11 is 0. The molecule has 1 aliphatic heterocycles. The molecule has 1 unspecified atom stereocenters. The van der Waals surface area contributed by atoms with Gasteiger partial charge in [0, 0.05) is 18.7 Å². The Kier molecular flexibility index (Phi) is 3.88. The highest BCUT2D eigenvalue weighted by atomic mass is 16.5. The smallest absolute Gasteiger partial charge is 0.231 e. The number of rotatable bonds is 4. The van der Waals surface area contributed by atoms with Crippen LogP contribution in [0.15, 0.2) is 48.5 Å². The molecule has 0 bridgehead atoms. The second kappa shape index (κ2) is 5.97. The normalized spacial score (nSPS) is 16.1. The van der Waals surface area contributed by atoms with Gasteiger partial charge in [0.2, 0.25) is 5.91 Å². The predicted octanol–water partition coefficient (Wildman–Crippen LogP) is 1.94. The van der Waals surface area contributed by atoms with E-state index >= 15 is 0 Å². The van der Waals surface area contributed by atoms with E-state index in [0.29, 0.717) is 19.7 Å². The third-order valence-electron chi connectivity index (χ3n) is 3.74. The highest BCUT2D eigenvalue weighted by molar-refractivity contribution is 5.85. The van der Waals surface area contributed by atoms with Gasteiger partial charge in [-0.25, -0.2) is 0 Å². The van der Waals surface area contributed by atoms with Crippen molar-refractivity contribution >= 4 is 5.91 Å². The summed E-state index contributed by atoms with van der Waals surface area (Å²) in [6.45, 7) is 1.46. The minimum absolute atomic E-state index is 0.00264. The minimum atomic E-state index is -0.218. The highest BCUT2D eigenvalue weighted by Gasteiger charge is 2.29. The molecule has 0 radical (unpaired) electrons. The summed E-state index contributed by atoms with van der Waals surface area (Å²) in [7, 11) is 0. The molecular formula is C17H18N2O2. The topological polar surface area (TPSA) is 64.3 Å². The minimum Gasteiger partial charge on any atom is -0.492 e. The summed E-state index contributed by atoms with van der Waals surface area (Å²) in [5.41, 5.74) is 8.68. The first-order valence-corrected chi connectivity index (χ1v) is 7.05. The van der Waals surface area contributed by atoms with Gasteiger partial charge in [0.25, 0.3) is 0 Å². The van der Waals surface area contributed by atoms with Crippen LogP contribution in [-0.2, 0) is 17.9 Å². The van der Waals surface area contributed by atoms with E-state index < -0.39 is 0 Å². The average molecular weight is 282 g/mol. The fourth-order valence-corrected chi connectivity index (χ4v) is 2.49. The Morgan fingerprint density at radius 3 is 2.62 bits per heavy atom. The first kappa shape index (κ1) is 13.6. The van der Waals surface area contributed by atoms with Crippen LogP contribution in [0.2, 0.25) is 0 Å². The number of carbonyl (C=O) groups is 1. The summed E-state index contributed by atoms with van der Waals surface area (Å²) in [6, 6.07) is 15.6. The van der Waals surface area contributed by atoms with Gasteiger partial charge in [0.15, 0.2) is 0 Å². The van der Waals surface area contributed by atoms with Gasteiger partial charge in [0.1, 0.15) is 18.3 Å². The summed E-state index contributed by atoms with van der Waals surface area (Å²) in [4.78, 5) is 12.3. The first-order valence-electron chi connectivity index (χ1n) is 7.05. The fraction of sp³-hybridized carbons (Fsp3) is 0.235. The number of fused-ring (bicyclic) bond motifs is 1. The van der Waals surface area contributed by atoms with E-state index in [1.54, 1.807) is 0 Å². The summed E-state index contributed by atoms with van der Waals surface area (Å²) in [5.74, 6) is 0.595. The van der Waals surface area contributed by atoms with Crippen molar-refractivity contribution < 1.29 is 9.53 Å². The summed E-state index contributed by atoms with van der Waals surface area (Å²) in [5, 5.41) is 2.97. The first-order chi connectivity index (χ1) is 10.3. The molecule has 0 fully saturated rings. The fourth-order valence-electron chi connectivity index (χ4n) is 2.49. The second-order valence-electron chi connectivity index (χ2n) is 5.14. The monoisotopic (exact) mass is 282 g/mol. The predicted molar refractivity (Wildman–Crippen MR) is 80.9 cm³/mol. The van der Waals surface area contributed by atoms with Crippen molar-refractivity contribution in [3.05, 3.63) is 65.2 Å². The molecule has 3 rings (SSSR count). The van der Waals surface area contributed by atoms with E-state index in [0.717, 1.165) is 22.4 Å². The molecule has 1 amide bonds. The zero-order chi connectivity index (χ0) is 14.7. The van der Waals surface area contributed by atoms with Crippen LogP contribution in [0.5, 0.6) is 5.75 Å². The zero-order valence-corrected chi connectivity index (χ0v) is 11.7. The summed E-state index contributed by atoms with van der Waals surface area (Å²) < 4.78 is 5.54. The molecule has 3 N–H and O–H groups in total. The number of amides is 1. The van der Waals surface area contributed by atoms with Crippen molar-refractivity contribution in [2.75, 3.05) is 6.61 Å². The Labute approximate surface area is 123 Å². The van der Waals surface area contributed by atoms with Crippen LogP contribution < -0.4 is 15.8 Å². The van der Waals surface area contributed by atoms with E-state index in [9.17, 15) is 4.79 Å². The van der Waals surface area contributed by atoms with Crippen LogP contribution in [0.4, 0.5) is 0 Å². The molecule has 0 saturated carbocycles. The number of ether oxygens (including phenoxy) is 1. The van der Waals surface area contributed by atoms with Gasteiger partial charge in [-0.05, 0) is 17.2 Å². The Bertz CT molecular complexity index is 637. The molecular weight excluding hydrogens is 264 g/mol. The Morgan fingerprint density at radius 2 is 1.86 bits per heavy atom. The van der Waals surface area contributed by atoms with Crippen molar-refractivity contribution in [1.29, 1.82) is 0 Å². The number of para-hydroxylation sites is 1. The van der Waals surface area contributed by atoms with Gasteiger partial charge in [0.05, 0.1) is 0 Å². The van der Waals surface area contributed by atoms with Gasteiger partial charge < -0.3 is 15.8 Å². The second-order valence-corrected chi connectivity index (χ2v) is 5.14. The van der Waals surface area contributed by atoms with E-state index in [-0.39, 0.29) is 11.8 Å². The van der Waals surface area contributed by atoms with Gasteiger partial charge in [-0.2, -0.15) is 0 Å². The Balaban J connectivity index is 1.62. The Morgan fingerprint density at radius 1 is 1.14 bits per heavy atom. The van der Waals surface area contributed by atoms with Crippen LogP contribution >= 0.6 is 0 Å². The number of hydrogen-bond acceptors (Lipinski definition) is 3. The van der Waals surface area contributed by atoms with E-state index in [2.05, 4.69) is 5.32 Å². The highest BCUT2D eigenvalue weighted by Crippen LogP contribution is 2.33. The number of nitrogens with two attached hydrogens (primary N) is 1. The molecule has 0 saturated heterocycles. The van der Waals surface area contributed by atoms with E-state index in [1.807, 2.05) is 48.5 Å². The van der Waals surface area contributed by atoms with Crippen molar-refractivity contribution in [3.8, 4) is 5.75 Å². The van der Waals surface area contributed by atoms with Gasteiger partial charge in [-0.15, -0.1) is 0 Å². The maximum Gasteiger partial charge on any atom is 0.231 e. The van der Waals surface area contributed by atoms with Gasteiger partial charge >= 0.3 is 0 Å².